The van der Waals surface area contributed by atoms with Gasteiger partial charge in [-0.25, -0.2) is 5.84 Å². The van der Waals surface area contributed by atoms with E-state index in [2.05, 4.69) is 0 Å². The number of hydrogen-bond donors (Lipinski definition) is 1. The van der Waals surface area contributed by atoms with E-state index < -0.39 is 4.92 Å². The number of nitrogens with two attached hydrogens (primary N) is 1. The fraction of sp³-hybridized carbons (Fsp3) is 0.111. The van der Waals surface area contributed by atoms with E-state index >= 15 is 0 Å². The van der Waals surface area contributed by atoms with E-state index in [1.54, 1.807) is 6.07 Å². The van der Waals surface area contributed by atoms with Crippen LogP contribution >= 0.6 is 0 Å². The molecule has 1 aliphatic heterocycles. The molecule has 0 fully saturated rings. The number of hydrogen-bond acceptors (Lipinski definition) is 4. The van der Waals surface area contributed by atoms with Crippen molar-refractivity contribution in [2.24, 2.45) is 5.84 Å². The summed E-state index contributed by atoms with van der Waals surface area (Å²) in [6, 6.07) is 4.66. The Kier molecular flexibility index (Phi) is 1.94. The summed E-state index contributed by atoms with van der Waals surface area (Å²) in [4.78, 5) is 10.1. The van der Waals surface area contributed by atoms with Crippen LogP contribution in [0.1, 0.15) is 5.56 Å². The van der Waals surface area contributed by atoms with Crippen LogP contribution in [-0.4, -0.2) is 11.5 Å². The number of fused-ring (bicyclic) bond motifs is 1. The maximum atomic E-state index is 10.5. The topological polar surface area (TPSA) is 72.4 Å². The fourth-order valence-electron chi connectivity index (χ4n) is 1.43. The molecule has 0 aromatic heterocycles. The lowest BCUT2D eigenvalue weighted by molar-refractivity contribution is -0.384. The summed E-state index contributed by atoms with van der Waals surface area (Å²) in [5, 5.41) is 12.0. The summed E-state index contributed by atoms with van der Waals surface area (Å²) < 4.78 is 0. The number of anilines is 1. The number of hydrazine groups is 1. The molecular formula is C9H9N3O2. The second kappa shape index (κ2) is 3.12. The average Bonchev–Trinajstić information content (AvgIpc) is 2.18. The van der Waals surface area contributed by atoms with E-state index in [9.17, 15) is 10.1 Å². The van der Waals surface area contributed by atoms with Gasteiger partial charge in [-0.2, -0.15) is 0 Å². The van der Waals surface area contributed by atoms with Crippen molar-refractivity contribution < 1.29 is 4.92 Å². The van der Waals surface area contributed by atoms with Gasteiger partial charge in [-0.05, 0) is 11.6 Å². The summed E-state index contributed by atoms with van der Waals surface area (Å²) in [6.07, 6.45) is 3.82. The van der Waals surface area contributed by atoms with E-state index in [0.29, 0.717) is 12.2 Å². The summed E-state index contributed by atoms with van der Waals surface area (Å²) in [6.45, 7) is 0.578. The van der Waals surface area contributed by atoms with Crippen LogP contribution in [0.5, 0.6) is 0 Å². The molecule has 0 bridgehead atoms. The number of nitrogens with zero attached hydrogens (tertiary/aromatic N) is 2. The minimum absolute atomic E-state index is 0.0644. The first kappa shape index (κ1) is 8.71. The molecule has 14 heavy (non-hydrogen) atoms. The molecule has 1 aliphatic rings. The van der Waals surface area contributed by atoms with Crippen molar-refractivity contribution in [3.05, 3.63) is 40.0 Å². The third kappa shape index (κ3) is 1.33. The maximum absolute atomic E-state index is 10.5. The van der Waals surface area contributed by atoms with E-state index in [0.717, 1.165) is 5.56 Å². The minimum atomic E-state index is -0.424. The molecule has 2 rings (SSSR count). The van der Waals surface area contributed by atoms with Gasteiger partial charge in [-0.1, -0.05) is 12.2 Å². The second-order valence-electron chi connectivity index (χ2n) is 3.05. The van der Waals surface area contributed by atoms with Gasteiger partial charge in [0.1, 0.15) is 0 Å². The smallest absolute Gasteiger partial charge is 0.271 e. The zero-order valence-corrected chi connectivity index (χ0v) is 7.38. The zero-order valence-electron chi connectivity index (χ0n) is 7.38. The third-order valence-corrected chi connectivity index (χ3v) is 2.13. The number of rotatable bonds is 1. The van der Waals surface area contributed by atoms with Crippen molar-refractivity contribution in [3.63, 3.8) is 0 Å². The van der Waals surface area contributed by atoms with Crippen LogP contribution in [0.3, 0.4) is 0 Å². The normalized spacial score (nSPS) is 13.9. The Morgan fingerprint density at radius 3 is 3.00 bits per heavy atom. The molecule has 5 nitrogen and oxygen atoms in total. The molecular weight excluding hydrogens is 182 g/mol. The molecule has 72 valence electrons. The Morgan fingerprint density at radius 1 is 1.50 bits per heavy atom. The van der Waals surface area contributed by atoms with Gasteiger partial charge in [0.25, 0.3) is 5.69 Å². The van der Waals surface area contributed by atoms with Crippen molar-refractivity contribution in [1.82, 2.24) is 0 Å². The van der Waals surface area contributed by atoms with Gasteiger partial charge >= 0.3 is 0 Å². The molecule has 0 unspecified atom stereocenters. The molecule has 1 aromatic carbocycles. The van der Waals surface area contributed by atoms with Gasteiger partial charge in [0.05, 0.1) is 17.2 Å². The van der Waals surface area contributed by atoms with Gasteiger partial charge in [0, 0.05) is 12.1 Å². The van der Waals surface area contributed by atoms with Crippen LogP contribution in [0.4, 0.5) is 11.4 Å². The lowest BCUT2D eigenvalue weighted by atomic mass is 10.1. The monoisotopic (exact) mass is 191 g/mol. The Labute approximate surface area is 80.6 Å². The molecule has 0 aliphatic carbocycles. The van der Waals surface area contributed by atoms with Gasteiger partial charge in [0.2, 0.25) is 0 Å². The Bertz CT molecular complexity index is 415. The van der Waals surface area contributed by atoms with Gasteiger partial charge in [0.15, 0.2) is 0 Å². The van der Waals surface area contributed by atoms with E-state index in [1.165, 1.54) is 17.1 Å². The highest BCUT2D eigenvalue weighted by molar-refractivity contribution is 5.72. The zero-order chi connectivity index (χ0) is 10.1. The van der Waals surface area contributed by atoms with E-state index in [4.69, 9.17) is 5.84 Å². The van der Waals surface area contributed by atoms with Crippen LogP contribution in [0.15, 0.2) is 24.3 Å². The second-order valence-corrected chi connectivity index (χ2v) is 3.05. The first-order valence-electron chi connectivity index (χ1n) is 4.16. The van der Waals surface area contributed by atoms with Crippen LogP contribution in [0, 0.1) is 10.1 Å². The minimum Gasteiger partial charge on any atom is -0.306 e. The predicted molar refractivity (Wildman–Crippen MR) is 53.7 cm³/mol. The predicted octanol–water partition coefficient (Wildman–Crippen LogP) is 1.30. The average molecular weight is 191 g/mol. The van der Waals surface area contributed by atoms with Crippen molar-refractivity contribution in [3.8, 4) is 0 Å². The quantitative estimate of drug-likeness (QED) is 0.412. The molecule has 1 aromatic rings. The van der Waals surface area contributed by atoms with Crippen molar-refractivity contribution >= 4 is 17.5 Å². The van der Waals surface area contributed by atoms with Gasteiger partial charge in [-0.15, -0.1) is 0 Å². The van der Waals surface area contributed by atoms with Crippen LogP contribution < -0.4 is 10.9 Å². The maximum Gasteiger partial charge on any atom is 0.271 e. The summed E-state index contributed by atoms with van der Waals surface area (Å²) >= 11 is 0. The summed E-state index contributed by atoms with van der Waals surface area (Å²) in [5.41, 5.74) is 1.67. The molecule has 0 spiro atoms. The van der Waals surface area contributed by atoms with E-state index in [-0.39, 0.29) is 5.69 Å². The molecule has 2 N–H and O–H groups in total. The SMILES string of the molecule is NN1CC=Cc2ccc([N+](=O)[O-])cc21. The van der Waals surface area contributed by atoms with Crippen LogP contribution in [0.25, 0.3) is 6.08 Å². The Morgan fingerprint density at radius 2 is 2.29 bits per heavy atom. The standard InChI is InChI=1S/C9H9N3O2/c10-11-5-1-2-7-3-4-8(12(13)14)6-9(7)11/h1-4,6H,5,10H2. The Balaban J connectivity index is 2.52. The number of non-ortho nitro benzene ring substituents is 1. The number of nitro groups is 1. The molecule has 1 heterocycles. The molecule has 0 saturated carbocycles. The lowest BCUT2D eigenvalue weighted by Crippen LogP contribution is -2.32. The van der Waals surface area contributed by atoms with Crippen LogP contribution in [-0.2, 0) is 0 Å². The Hall–Kier alpha value is -1.88. The van der Waals surface area contributed by atoms with Crippen molar-refractivity contribution in [1.29, 1.82) is 0 Å². The first-order valence-corrected chi connectivity index (χ1v) is 4.16. The van der Waals surface area contributed by atoms with Crippen LogP contribution in [0.2, 0.25) is 0 Å². The molecule has 0 amide bonds. The van der Waals surface area contributed by atoms with E-state index in [1.807, 2.05) is 12.2 Å². The number of benzene rings is 1. The fourth-order valence-corrected chi connectivity index (χ4v) is 1.43. The highest BCUT2D eigenvalue weighted by atomic mass is 16.6. The van der Waals surface area contributed by atoms with Crippen molar-refractivity contribution in [2.45, 2.75) is 0 Å². The molecule has 0 saturated heterocycles. The van der Waals surface area contributed by atoms with Crippen molar-refractivity contribution in [2.75, 3.05) is 11.6 Å². The summed E-state index contributed by atoms with van der Waals surface area (Å²) in [7, 11) is 0. The largest absolute Gasteiger partial charge is 0.306 e. The van der Waals surface area contributed by atoms with Gasteiger partial charge in [-0.3, -0.25) is 10.1 Å². The van der Waals surface area contributed by atoms with Gasteiger partial charge < -0.3 is 5.01 Å². The lowest BCUT2D eigenvalue weighted by Gasteiger charge is -2.22. The highest BCUT2D eigenvalue weighted by Crippen LogP contribution is 2.27. The third-order valence-electron chi connectivity index (χ3n) is 2.13. The molecule has 0 atom stereocenters. The highest BCUT2D eigenvalue weighted by Gasteiger charge is 2.14. The molecule has 5 heteroatoms. The summed E-state index contributed by atoms with van der Waals surface area (Å²) in [5.74, 6) is 5.67. The first-order chi connectivity index (χ1) is 6.68. The number of nitro benzene ring substituents is 1. The molecule has 0 radical (unpaired) electrons.